The first kappa shape index (κ1) is 24.3. The van der Waals surface area contributed by atoms with Crippen molar-refractivity contribution in [3.8, 4) is 22.6 Å². The lowest BCUT2D eigenvalue weighted by Crippen LogP contribution is -2.01. The fraction of sp³-hybridized carbons (Fsp3) is 0.571. The molecule has 0 N–H and O–H groups in total. The zero-order valence-electron chi connectivity index (χ0n) is 19.3. The van der Waals surface area contributed by atoms with E-state index in [4.69, 9.17) is 9.47 Å². The Balaban J connectivity index is 1.87. The summed E-state index contributed by atoms with van der Waals surface area (Å²) in [5, 5.41) is 0. The molecule has 2 aromatic rings. The van der Waals surface area contributed by atoms with Gasteiger partial charge in [0.1, 0.15) is 11.5 Å². The second kappa shape index (κ2) is 15.8. The molecule has 0 radical (unpaired) electrons. The third kappa shape index (κ3) is 9.69. The molecule has 0 aliphatic carbocycles. The maximum Gasteiger partial charge on any atom is 0.127 e. The third-order valence-electron chi connectivity index (χ3n) is 5.56. The minimum Gasteiger partial charge on any atom is -0.494 e. The summed E-state index contributed by atoms with van der Waals surface area (Å²) in [5.74, 6) is 1.90. The zero-order valence-corrected chi connectivity index (χ0v) is 19.3. The van der Waals surface area contributed by atoms with E-state index in [2.05, 4.69) is 62.4 Å². The van der Waals surface area contributed by atoms with Gasteiger partial charge in [0.15, 0.2) is 0 Å². The van der Waals surface area contributed by atoms with E-state index in [0.29, 0.717) is 0 Å². The van der Waals surface area contributed by atoms with Crippen LogP contribution in [0.3, 0.4) is 0 Å². The fourth-order valence-electron chi connectivity index (χ4n) is 3.70. The molecule has 0 aliphatic heterocycles. The predicted molar refractivity (Wildman–Crippen MR) is 130 cm³/mol. The van der Waals surface area contributed by atoms with Gasteiger partial charge in [0.25, 0.3) is 0 Å². The van der Waals surface area contributed by atoms with E-state index in [1.165, 1.54) is 69.8 Å². The van der Waals surface area contributed by atoms with Crippen LogP contribution in [0, 0.1) is 0 Å². The van der Waals surface area contributed by atoms with Crippen molar-refractivity contribution in [1.29, 1.82) is 0 Å². The third-order valence-corrected chi connectivity index (χ3v) is 5.56. The summed E-state index contributed by atoms with van der Waals surface area (Å²) in [6.07, 6.45) is 15.4. The van der Waals surface area contributed by atoms with Crippen LogP contribution < -0.4 is 9.47 Å². The summed E-state index contributed by atoms with van der Waals surface area (Å²) < 4.78 is 12.2. The largest absolute Gasteiger partial charge is 0.494 e. The van der Waals surface area contributed by atoms with E-state index in [1.54, 1.807) is 0 Å². The van der Waals surface area contributed by atoms with E-state index in [0.717, 1.165) is 43.1 Å². The van der Waals surface area contributed by atoms with Crippen LogP contribution in [-0.4, -0.2) is 13.2 Å². The van der Waals surface area contributed by atoms with Crippen molar-refractivity contribution >= 4 is 0 Å². The van der Waals surface area contributed by atoms with E-state index in [9.17, 15) is 0 Å². The van der Waals surface area contributed by atoms with Crippen molar-refractivity contribution in [2.24, 2.45) is 0 Å². The van der Waals surface area contributed by atoms with Crippen molar-refractivity contribution in [2.75, 3.05) is 13.2 Å². The van der Waals surface area contributed by atoms with Gasteiger partial charge in [0.2, 0.25) is 0 Å². The van der Waals surface area contributed by atoms with Gasteiger partial charge in [-0.25, -0.2) is 0 Å². The lowest BCUT2D eigenvalue weighted by molar-refractivity contribution is 0.297. The van der Waals surface area contributed by atoms with Crippen molar-refractivity contribution in [1.82, 2.24) is 0 Å². The van der Waals surface area contributed by atoms with Crippen molar-refractivity contribution in [3.05, 3.63) is 48.5 Å². The first-order valence-corrected chi connectivity index (χ1v) is 12.3. The average Bonchev–Trinajstić information content (AvgIpc) is 2.79. The molecule has 0 saturated heterocycles. The number of rotatable bonds is 17. The molecular weight excluding hydrogens is 368 g/mol. The molecule has 30 heavy (non-hydrogen) atoms. The molecule has 2 heteroatoms. The van der Waals surface area contributed by atoms with E-state index >= 15 is 0 Å². The van der Waals surface area contributed by atoms with Gasteiger partial charge in [-0.1, -0.05) is 108 Å². The second-order valence-electron chi connectivity index (χ2n) is 8.26. The summed E-state index contributed by atoms with van der Waals surface area (Å²) in [6, 6.07) is 16.8. The minimum atomic E-state index is 0.782. The Morgan fingerprint density at radius 1 is 0.567 bits per heavy atom. The highest BCUT2D eigenvalue weighted by atomic mass is 16.5. The van der Waals surface area contributed by atoms with Gasteiger partial charge < -0.3 is 9.47 Å². The van der Waals surface area contributed by atoms with Crippen LogP contribution in [0.2, 0.25) is 0 Å². The van der Waals surface area contributed by atoms with Crippen LogP contribution in [0.4, 0.5) is 0 Å². The molecule has 2 nitrogen and oxygen atoms in total. The Labute approximate surface area is 185 Å². The summed E-state index contributed by atoms with van der Waals surface area (Å²) in [7, 11) is 0. The Hall–Kier alpha value is -1.96. The van der Waals surface area contributed by atoms with Gasteiger partial charge in [0, 0.05) is 5.56 Å². The molecule has 0 amide bonds. The van der Waals surface area contributed by atoms with Gasteiger partial charge in [-0.15, -0.1) is 0 Å². The predicted octanol–water partition coefficient (Wildman–Crippen LogP) is 8.83. The summed E-state index contributed by atoms with van der Waals surface area (Å²) >= 11 is 0. The molecule has 0 unspecified atom stereocenters. The highest BCUT2D eigenvalue weighted by Gasteiger charge is 2.09. The van der Waals surface area contributed by atoms with Crippen LogP contribution in [0.15, 0.2) is 48.5 Å². The maximum absolute atomic E-state index is 6.18. The second-order valence-corrected chi connectivity index (χ2v) is 8.26. The van der Waals surface area contributed by atoms with Crippen molar-refractivity contribution in [3.63, 3.8) is 0 Å². The SMILES string of the molecule is CCCCCCCCOc1ccc(OCCCCCCCC)c(-c2ccccc2)c1. The van der Waals surface area contributed by atoms with Gasteiger partial charge in [0.05, 0.1) is 13.2 Å². The van der Waals surface area contributed by atoms with Crippen LogP contribution in [0.1, 0.15) is 90.9 Å². The van der Waals surface area contributed by atoms with Crippen molar-refractivity contribution in [2.45, 2.75) is 90.9 Å². The van der Waals surface area contributed by atoms with Crippen LogP contribution >= 0.6 is 0 Å². The Morgan fingerprint density at radius 3 is 1.77 bits per heavy atom. The number of hydrogen-bond acceptors (Lipinski definition) is 2. The topological polar surface area (TPSA) is 18.5 Å². The molecule has 0 heterocycles. The summed E-state index contributed by atoms with van der Waals surface area (Å²) in [5.41, 5.74) is 2.31. The quantitative estimate of drug-likeness (QED) is 0.242. The molecule has 0 aliphatic rings. The molecule has 166 valence electrons. The monoisotopic (exact) mass is 410 g/mol. The molecular formula is C28H42O2. The van der Waals surface area contributed by atoms with E-state index in [-0.39, 0.29) is 0 Å². The van der Waals surface area contributed by atoms with Gasteiger partial charge in [-0.2, -0.15) is 0 Å². The summed E-state index contributed by atoms with van der Waals surface area (Å²) in [4.78, 5) is 0. The van der Waals surface area contributed by atoms with E-state index < -0.39 is 0 Å². The minimum absolute atomic E-state index is 0.782. The lowest BCUT2D eigenvalue weighted by atomic mass is 10.0. The first-order valence-electron chi connectivity index (χ1n) is 12.3. The maximum atomic E-state index is 6.18. The zero-order chi connectivity index (χ0) is 21.3. The summed E-state index contributed by atoms with van der Waals surface area (Å²) in [6.45, 7) is 6.09. The number of hydrogen-bond donors (Lipinski definition) is 0. The van der Waals surface area contributed by atoms with Gasteiger partial charge in [-0.3, -0.25) is 0 Å². The average molecular weight is 411 g/mol. The highest BCUT2D eigenvalue weighted by Crippen LogP contribution is 2.34. The highest BCUT2D eigenvalue weighted by molar-refractivity contribution is 5.72. The van der Waals surface area contributed by atoms with Crippen molar-refractivity contribution < 1.29 is 9.47 Å². The Bertz CT molecular complexity index is 666. The van der Waals surface area contributed by atoms with Gasteiger partial charge >= 0.3 is 0 Å². The standard InChI is InChI=1S/C28H42O2/c1-3-5-7-9-11-16-22-29-26-20-21-28(30-23-17-12-10-8-6-4-2)27(24-26)25-18-14-13-15-19-25/h13-15,18-21,24H,3-12,16-17,22-23H2,1-2H3. The van der Waals surface area contributed by atoms with Crippen LogP contribution in [0.25, 0.3) is 11.1 Å². The lowest BCUT2D eigenvalue weighted by Gasteiger charge is -2.14. The number of unbranched alkanes of at least 4 members (excludes halogenated alkanes) is 10. The van der Waals surface area contributed by atoms with E-state index in [1.807, 2.05) is 0 Å². The molecule has 2 aromatic carbocycles. The molecule has 0 spiro atoms. The van der Waals surface area contributed by atoms with Crippen LogP contribution in [-0.2, 0) is 0 Å². The number of benzene rings is 2. The Morgan fingerprint density at radius 2 is 1.13 bits per heavy atom. The molecule has 0 saturated carbocycles. The normalized spacial score (nSPS) is 10.9. The smallest absolute Gasteiger partial charge is 0.127 e. The fourth-order valence-corrected chi connectivity index (χ4v) is 3.70. The number of ether oxygens (including phenoxy) is 2. The molecule has 2 rings (SSSR count). The van der Waals surface area contributed by atoms with Gasteiger partial charge in [-0.05, 0) is 36.6 Å². The molecule has 0 bridgehead atoms. The molecule has 0 fully saturated rings. The molecule has 0 aromatic heterocycles. The molecule has 0 atom stereocenters. The Kier molecular flexibility index (Phi) is 12.8. The first-order chi connectivity index (χ1) is 14.8. The van der Waals surface area contributed by atoms with Crippen LogP contribution in [0.5, 0.6) is 11.5 Å².